The third-order valence-electron chi connectivity index (χ3n) is 4.03. The van der Waals surface area contributed by atoms with Gasteiger partial charge in [0.1, 0.15) is 0 Å². The topological polar surface area (TPSA) is 84.0 Å². The highest BCUT2D eigenvalue weighted by Gasteiger charge is 2.09. The minimum absolute atomic E-state index is 0.00997. The Labute approximate surface area is 162 Å². The van der Waals surface area contributed by atoms with Gasteiger partial charge in [-0.05, 0) is 42.2 Å². The van der Waals surface area contributed by atoms with E-state index < -0.39 is 0 Å². The molecule has 1 aromatic carbocycles. The van der Waals surface area contributed by atoms with Gasteiger partial charge in [-0.3, -0.25) is 14.6 Å². The molecule has 6 nitrogen and oxygen atoms in total. The van der Waals surface area contributed by atoms with E-state index in [4.69, 9.17) is 0 Å². The minimum atomic E-state index is -0.0120. The Hall–Kier alpha value is -2.80. The summed E-state index contributed by atoms with van der Waals surface area (Å²) in [5, 5.41) is 6.36. The van der Waals surface area contributed by atoms with Crippen LogP contribution in [0, 0.1) is 0 Å². The quantitative estimate of drug-likeness (QED) is 0.622. The zero-order chi connectivity index (χ0) is 19.1. The number of hydrogen-bond acceptors (Lipinski definition) is 5. The second-order valence-electron chi connectivity index (χ2n) is 6.26. The summed E-state index contributed by atoms with van der Waals surface area (Å²) in [6.07, 6.45) is 5.84. The molecule has 0 bridgehead atoms. The number of thiazole rings is 1. The second-order valence-corrected chi connectivity index (χ2v) is 7.29. The molecule has 7 heteroatoms. The van der Waals surface area contributed by atoms with Crippen LogP contribution < -0.4 is 10.6 Å². The number of aryl methyl sites for hydroxylation is 1. The van der Waals surface area contributed by atoms with E-state index in [1.54, 1.807) is 12.4 Å². The fraction of sp³-hybridized carbons (Fsp3) is 0.300. The van der Waals surface area contributed by atoms with E-state index in [0.29, 0.717) is 30.9 Å². The maximum atomic E-state index is 12.1. The Morgan fingerprint density at radius 3 is 2.78 bits per heavy atom. The molecule has 3 rings (SSSR count). The number of carbonyl (C=O) groups excluding carboxylic acids is 2. The maximum absolute atomic E-state index is 12.1. The van der Waals surface area contributed by atoms with Crippen LogP contribution >= 0.6 is 11.3 Å². The molecule has 0 saturated carbocycles. The molecule has 3 aromatic rings. The third-order valence-corrected chi connectivity index (χ3v) is 4.96. The molecule has 2 N–H and O–H groups in total. The summed E-state index contributed by atoms with van der Waals surface area (Å²) in [5.74, 6) is -0.00200. The fourth-order valence-electron chi connectivity index (χ4n) is 2.64. The number of rotatable bonds is 8. The van der Waals surface area contributed by atoms with Gasteiger partial charge in [0.25, 0.3) is 0 Å². The summed E-state index contributed by atoms with van der Waals surface area (Å²) < 4.78 is 1.01. The first-order valence-corrected chi connectivity index (χ1v) is 9.80. The molecule has 140 valence electrons. The van der Waals surface area contributed by atoms with Crippen LogP contribution in [0.25, 0.3) is 10.2 Å². The normalized spacial score (nSPS) is 10.7. The van der Waals surface area contributed by atoms with Gasteiger partial charge in [-0.15, -0.1) is 0 Å². The van der Waals surface area contributed by atoms with E-state index in [1.807, 2.05) is 37.3 Å². The number of pyridine rings is 1. The van der Waals surface area contributed by atoms with Crippen LogP contribution in [0.1, 0.15) is 37.3 Å². The SMILES string of the molecule is CCCC(=O)Nc1nc2ccc(CCC(=O)NCc3cccnc3)cc2s1. The standard InChI is InChI=1S/C20H22N4O2S/c1-2-4-19(26)24-20-23-16-8-6-14(11-17(16)27-20)7-9-18(25)22-13-15-5-3-10-21-12-15/h3,5-6,8,10-12H,2,4,7,9,13H2,1H3,(H,22,25)(H,23,24,26). The third kappa shape index (κ3) is 5.59. The molecule has 0 fully saturated rings. The van der Waals surface area contributed by atoms with E-state index >= 15 is 0 Å². The van der Waals surface area contributed by atoms with E-state index in [-0.39, 0.29) is 11.8 Å². The number of carbonyl (C=O) groups is 2. The molecule has 0 saturated heterocycles. The Bertz CT molecular complexity index is 924. The lowest BCUT2D eigenvalue weighted by Gasteiger charge is -2.05. The summed E-state index contributed by atoms with van der Waals surface area (Å²) in [6, 6.07) is 9.74. The lowest BCUT2D eigenvalue weighted by atomic mass is 10.1. The highest BCUT2D eigenvalue weighted by molar-refractivity contribution is 7.22. The van der Waals surface area contributed by atoms with Crippen LogP contribution in [-0.4, -0.2) is 21.8 Å². The Balaban J connectivity index is 1.54. The minimum Gasteiger partial charge on any atom is -0.352 e. The predicted molar refractivity (Wildman–Crippen MR) is 108 cm³/mol. The smallest absolute Gasteiger partial charge is 0.226 e. The van der Waals surface area contributed by atoms with Crippen molar-refractivity contribution in [1.82, 2.24) is 15.3 Å². The first kappa shape index (κ1) is 19.0. The lowest BCUT2D eigenvalue weighted by Crippen LogP contribution is -2.23. The molecule has 0 aliphatic heterocycles. The molecule has 0 atom stereocenters. The van der Waals surface area contributed by atoms with E-state index in [2.05, 4.69) is 20.6 Å². The van der Waals surface area contributed by atoms with Gasteiger partial charge in [-0.25, -0.2) is 4.98 Å². The van der Waals surface area contributed by atoms with Gasteiger partial charge in [0, 0.05) is 31.8 Å². The van der Waals surface area contributed by atoms with Crippen molar-refractivity contribution in [2.75, 3.05) is 5.32 Å². The Morgan fingerprint density at radius 2 is 2.00 bits per heavy atom. The largest absolute Gasteiger partial charge is 0.352 e. The van der Waals surface area contributed by atoms with Gasteiger partial charge in [0.15, 0.2) is 5.13 Å². The number of benzene rings is 1. The molecule has 2 aromatic heterocycles. The van der Waals surface area contributed by atoms with Crippen LogP contribution in [0.4, 0.5) is 5.13 Å². The molecule has 0 spiro atoms. The van der Waals surface area contributed by atoms with Gasteiger partial charge in [0.2, 0.25) is 11.8 Å². The first-order chi connectivity index (χ1) is 13.1. The molecule has 2 heterocycles. The number of anilines is 1. The number of amides is 2. The summed E-state index contributed by atoms with van der Waals surface area (Å²) in [7, 11) is 0. The number of fused-ring (bicyclic) bond motifs is 1. The number of aromatic nitrogens is 2. The van der Waals surface area contributed by atoms with Crippen LogP contribution in [0.3, 0.4) is 0 Å². The van der Waals surface area contributed by atoms with Gasteiger partial charge >= 0.3 is 0 Å². The van der Waals surface area contributed by atoms with Gasteiger partial charge in [-0.1, -0.05) is 30.4 Å². The molecule has 0 radical (unpaired) electrons. The van der Waals surface area contributed by atoms with Crippen molar-refractivity contribution in [3.05, 3.63) is 53.9 Å². The predicted octanol–water partition coefficient (Wildman–Crippen LogP) is 3.68. The molecule has 0 unspecified atom stereocenters. The van der Waals surface area contributed by atoms with Crippen molar-refractivity contribution < 1.29 is 9.59 Å². The molecule has 0 aliphatic rings. The number of hydrogen-bond donors (Lipinski definition) is 2. The van der Waals surface area contributed by atoms with Crippen LogP contribution in [0.5, 0.6) is 0 Å². The molecular formula is C20H22N4O2S. The van der Waals surface area contributed by atoms with Crippen molar-refractivity contribution in [3.63, 3.8) is 0 Å². The van der Waals surface area contributed by atoms with E-state index in [9.17, 15) is 9.59 Å². The molecule has 2 amide bonds. The number of nitrogens with one attached hydrogen (secondary N) is 2. The van der Waals surface area contributed by atoms with Crippen LogP contribution in [-0.2, 0) is 22.6 Å². The Morgan fingerprint density at radius 1 is 1.11 bits per heavy atom. The second kappa shape index (κ2) is 9.23. The van der Waals surface area contributed by atoms with E-state index in [1.165, 1.54) is 11.3 Å². The fourth-order valence-corrected chi connectivity index (χ4v) is 3.58. The monoisotopic (exact) mass is 382 g/mol. The number of nitrogens with zero attached hydrogens (tertiary/aromatic N) is 2. The first-order valence-electron chi connectivity index (χ1n) is 8.99. The maximum Gasteiger partial charge on any atom is 0.226 e. The average Bonchev–Trinajstić information content (AvgIpc) is 3.07. The summed E-state index contributed by atoms with van der Waals surface area (Å²) in [6.45, 7) is 2.46. The summed E-state index contributed by atoms with van der Waals surface area (Å²) >= 11 is 1.46. The van der Waals surface area contributed by atoms with Gasteiger partial charge in [-0.2, -0.15) is 0 Å². The molecular weight excluding hydrogens is 360 g/mol. The molecule has 0 aliphatic carbocycles. The van der Waals surface area contributed by atoms with Crippen LogP contribution in [0.2, 0.25) is 0 Å². The van der Waals surface area contributed by atoms with Crippen LogP contribution in [0.15, 0.2) is 42.7 Å². The zero-order valence-corrected chi connectivity index (χ0v) is 16.0. The highest BCUT2D eigenvalue weighted by Crippen LogP contribution is 2.27. The lowest BCUT2D eigenvalue weighted by molar-refractivity contribution is -0.121. The average molecular weight is 382 g/mol. The summed E-state index contributed by atoms with van der Waals surface area (Å²) in [4.78, 5) is 32.2. The molecule has 27 heavy (non-hydrogen) atoms. The van der Waals surface area contributed by atoms with E-state index in [0.717, 1.165) is 27.8 Å². The van der Waals surface area contributed by atoms with Crippen molar-refractivity contribution >= 4 is 38.5 Å². The van der Waals surface area contributed by atoms with Crippen molar-refractivity contribution in [1.29, 1.82) is 0 Å². The zero-order valence-electron chi connectivity index (χ0n) is 15.2. The highest BCUT2D eigenvalue weighted by atomic mass is 32.1. The van der Waals surface area contributed by atoms with Gasteiger partial charge < -0.3 is 10.6 Å². The summed E-state index contributed by atoms with van der Waals surface area (Å²) in [5.41, 5.74) is 2.92. The van der Waals surface area contributed by atoms with Gasteiger partial charge in [0.05, 0.1) is 10.2 Å². The Kier molecular flexibility index (Phi) is 6.49. The van der Waals surface area contributed by atoms with Crippen molar-refractivity contribution in [3.8, 4) is 0 Å². The van der Waals surface area contributed by atoms with Crippen molar-refractivity contribution in [2.24, 2.45) is 0 Å². The van der Waals surface area contributed by atoms with Crippen molar-refractivity contribution in [2.45, 2.75) is 39.2 Å².